The van der Waals surface area contributed by atoms with E-state index in [1.807, 2.05) is 108 Å². The molecule has 2 aromatic heterocycles. The summed E-state index contributed by atoms with van der Waals surface area (Å²) in [4.78, 5) is 7.86. The highest BCUT2D eigenvalue weighted by molar-refractivity contribution is 6.31. The van der Waals surface area contributed by atoms with Gasteiger partial charge in [-0.05, 0) is 33.5 Å². The predicted molar refractivity (Wildman–Crippen MR) is 164 cm³/mol. The van der Waals surface area contributed by atoms with E-state index in [4.69, 9.17) is 21.4 Å². The zero-order valence-corrected chi connectivity index (χ0v) is 23.8. The fourth-order valence-electron chi connectivity index (χ4n) is 5.81. The lowest BCUT2D eigenvalue weighted by atomic mass is 9.77. The van der Waals surface area contributed by atoms with E-state index in [1.165, 1.54) is 6.07 Å². The average Bonchev–Trinajstić information content (AvgIpc) is 3.54. The number of nitrogens with zero attached hydrogens (tertiary/aromatic N) is 6. The number of fused-ring (bicyclic) bond motifs is 1. The molecule has 7 nitrogen and oxygen atoms in total. The molecule has 0 atom stereocenters. The third-order valence-corrected chi connectivity index (χ3v) is 7.98. The van der Waals surface area contributed by atoms with Gasteiger partial charge in [0.2, 0.25) is 5.82 Å². The molecule has 0 saturated heterocycles. The second kappa shape index (κ2) is 11.3. The first-order chi connectivity index (χ1) is 21.2. The molecule has 0 spiro atoms. The molecule has 9 heteroatoms. The van der Waals surface area contributed by atoms with Crippen LogP contribution >= 0.6 is 11.6 Å². The van der Waals surface area contributed by atoms with Crippen LogP contribution in [0.4, 0.5) is 10.1 Å². The van der Waals surface area contributed by atoms with Crippen LogP contribution in [0.25, 0.3) is 11.4 Å². The van der Waals surface area contributed by atoms with Crippen molar-refractivity contribution in [3.8, 4) is 17.1 Å². The normalized spacial score (nSPS) is 12.9. The third-order valence-electron chi connectivity index (χ3n) is 7.70. The molecule has 0 aliphatic carbocycles. The van der Waals surface area contributed by atoms with Crippen molar-refractivity contribution in [2.75, 3.05) is 18.1 Å². The smallest absolute Gasteiger partial charge is 0.210 e. The zero-order valence-electron chi connectivity index (χ0n) is 23.0. The first-order valence-corrected chi connectivity index (χ1v) is 14.3. The fraction of sp³-hybridized carbons (Fsp3) is 0.118. The molecule has 0 bridgehead atoms. The molecule has 0 saturated carbocycles. The summed E-state index contributed by atoms with van der Waals surface area (Å²) in [5.74, 6) is -0.0650. The Morgan fingerprint density at radius 2 is 1.47 bits per heavy atom. The summed E-state index contributed by atoms with van der Waals surface area (Å²) in [5.41, 5.74) is 3.41. The maximum atomic E-state index is 16.1. The van der Waals surface area contributed by atoms with E-state index >= 15 is 4.39 Å². The van der Waals surface area contributed by atoms with Gasteiger partial charge in [-0.3, -0.25) is 4.98 Å². The van der Waals surface area contributed by atoms with Gasteiger partial charge in [0, 0.05) is 25.0 Å². The number of tetrazole rings is 1. The van der Waals surface area contributed by atoms with Crippen molar-refractivity contribution in [2.24, 2.45) is 0 Å². The highest BCUT2D eigenvalue weighted by Crippen LogP contribution is 2.46. The van der Waals surface area contributed by atoms with E-state index in [1.54, 1.807) is 17.2 Å². The van der Waals surface area contributed by atoms with Crippen molar-refractivity contribution in [3.05, 3.63) is 155 Å². The number of halogens is 2. The van der Waals surface area contributed by atoms with Crippen LogP contribution in [0.1, 0.15) is 22.3 Å². The predicted octanol–water partition coefficient (Wildman–Crippen LogP) is 6.77. The van der Waals surface area contributed by atoms with Gasteiger partial charge in [-0.2, -0.15) is 0 Å². The molecule has 0 N–H and O–H groups in total. The Morgan fingerprint density at radius 3 is 2.05 bits per heavy atom. The SMILES string of the molecule is Fc1c(Cl)cc2c(c1-c1nnn(C(c3ccccc3)(c3ccccc3)c3ccccc3)n1)N(Cc1cccnc1)CCO2. The zero-order chi connectivity index (χ0) is 29.2. The largest absolute Gasteiger partial charge is 0.489 e. The van der Waals surface area contributed by atoms with Gasteiger partial charge in [0.25, 0.3) is 0 Å². The van der Waals surface area contributed by atoms with Crippen LogP contribution < -0.4 is 9.64 Å². The van der Waals surface area contributed by atoms with E-state index in [9.17, 15) is 0 Å². The summed E-state index contributed by atoms with van der Waals surface area (Å²) in [6, 6.07) is 35.4. The summed E-state index contributed by atoms with van der Waals surface area (Å²) < 4.78 is 22.1. The molecule has 1 aliphatic heterocycles. The Hall–Kier alpha value is -5.08. The molecular formula is C34H26ClFN6O. The minimum Gasteiger partial charge on any atom is -0.489 e. The van der Waals surface area contributed by atoms with Crippen molar-refractivity contribution < 1.29 is 9.13 Å². The van der Waals surface area contributed by atoms with Crippen molar-refractivity contribution in [1.82, 2.24) is 25.2 Å². The van der Waals surface area contributed by atoms with Crippen molar-refractivity contribution in [3.63, 3.8) is 0 Å². The first-order valence-electron chi connectivity index (χ1n) is 13.9. The van der Waals surface area contributed by atoms with Gasteiger partial charge >= 0.3 is 0 Å². The fourth-order valence-corrected chi connectivity index (χ4v) is 6.00. The van der Waals surface area contributed by atoms with Crippen molar-refractivity contribution in [2.45, 2.75) is 12.1 Å². The van der Waals surface area contributed by atoms with Crippen LogP contribution in [0.5, 0.6) is 5.75 Å². The summed E-state index contributed by atoms with van der Waals surface area (Å²) in [6.45, 7) is 1.45. The number of hydrogen-bond acceptors (Lipinski definition) is 6. The Balaban J connectivity index is 1.45. The molecule has 0 radical (unpaired) electrons. The monoisotopic (exact) mass is 588 g/mol. The van der Waals surface area contributed by atoms with Gasteiger partial charge in [0.15, 0.2) is 11.4 Å². The Morgan fingerprint density at radius 1 is 0.837 bits per heavy atom. The molecule has 3 heterocycles. The average molecular weight is 589 g/mol. The van der Waals surface area contributed by atoms with Crippen LogP contribution in [0.2, 0.25) is 5.02 Å². The van der Waals surface area contributed by atoms with E-state index in [2.05, 4.69) is 15.3 Å². The van der Waals surface area contributed by atoms with Crippen LogP contribution in [0, 0.1) is 5.82 Å². The number of pyridine rings is 1. The highest BCUT2D eigenvalue weighted by Gasteiger charge is 2.42. The lowest BCUT2D eigenvalue weighted by Crippen LogP contribution is -2.39. The Kier molecular flexibility index (Phi) is 7.04. The van der Waals surface area contributed by atoms with Gasteiger partial charge in [0.1, 0.15) is 12.4 Å². The van der Waals surface area contributed by atoms with Gasteiger partial charge in [-0.15, -0.1) is 15.0 Å². The minimum atomic E-state index is -1.00. The van der Waals surface area contributed by atoms with Crippen molar-refractivity contribution >= 4 is 17.3 Å². The van der Waals surface area contributed by atoms with Crippen molar-refractivity contribution in [1.29, 1.82) is 0 Å². The first kappa shape index (κ1) is 26.8. The Bertz CT molecular complexity index is 1760. The number of aromatic nitrogens is 5. The lowest BCUT2D eigenvalue weighted by molar-refractivity contribution is 0.306. The topological polar surface area (TPSA) is 69.0 Å². The lowest BCUT2D eigenvalue weighted by Gasteiger charge is -2.34. The van der Waals surface area contributed by atoms with Gasteiger partial charge in [-0.25, -0.2) is 4.39 Å². The summed E-state index contributed by atoms with van der Waals surface area (Å²) >= 11 is 6.43. The number of ether oxygens (including phenoxy) is 1. The molecular weight excluding hydrogens is 563 g/mol. The maximum Gasteiger partial charge on any atom is 0.210 e. The number of hydrogen-bond donors (Lipinski definition) is 0. The van der Waals surface area contributed by atoms with E-state index < -0.39 is 11.4 Å². The standard InChI is InChI=1S/C34H26ClFN6O/c35-28-21-29-32(41(19-20-43-29)23-24-11-10-18-37-22-24)30(31(28)36)33-38-40-42(39-33)34(25-12-4-1-5-13-25,26-14-6-2-7-15-26)27-16-8-3-9-17-27/h1-18,21-22H,19-20,23H2. The minimum absolute atomic E-state index is 0.0752. The molecule has 6 aromatic rings. The molecule has 43 heavy (non-hydrogen) atoms. The Labute approximate surface area is 253 Å². The number of rotatable bonds is 7. The molecule has 7 rings (SSSR count). The molecule has 1 aliphatic rings. The van der Waals surface area contributed by atoms with E-state index in [0.717, 1.165) is 22.3 Å². The van der Waals surface area contributed by atoms with Gasteiger partial charge in [0.05, 0.1) is 22.8 Å². The van der Waals surface area contributed by atoms with Crippen LogP contribution in [0.3, 0.4) is 0 Å². The third kappa shape index (κ3) is 4.70. The second-order valence-electron chi connectivity index (χ2n) is 10.2. The summed E-state index contributed by atoms with van der Waals surface area (Å²) in [6.07, 6.45) is 3.52. The summed E-state index contributed by atoms with van der Waals surface area (Å²) in [7, 11) is 0. The van der Waals surface area contributed by atoms with Gasteiger partial charge < -0.3 is 9.64 Å². The van der Waals surface area contributed by atoms with E-state index in [0.29, 0.717) is 31.1 Å². The maximum absolute atomic E-state index is 16.1. The number of anilines is 1. The second-order valence-corrected chi connectivity index (χ2v) is 10.6. The van der Waals surface area contributed by atoms with E-state index in [-0.39, 0.29) is 16.4 Å². The van der Waals surface area contributed by atoms with Crippen LogP contribution in [0.15, 0.2) is 122 Å². The molecule has 0 amide bonds. The van der Waals surface area contributed by atoms with Crippen LogP contribution in [-0.2, 0) is 12.1 Å². The summed E-state index contributed by atoms with van der Waals surface area (Å²) in [5, 5.41) is 13.9. The van der Waals surface area contributed by atoms with Crippen LogP contribution in [-0.4, -0.2) is 38.3 Å². The quantitative estimate of drug-likeness (QED) is 0.192. The number of benzene rings is 4. The molecule has 0 unspecified atom stereocenters. The molecule has 4 aromatic carbocycles. The molecule has 212 valence electrons. The van der Waals surface area contributed by atoms with Gasteiger partial charge in [-0.1, -0.05) is 109 Å². The highest BCUT2D eigenvalue weighted by atomic mass is 35.5. The molecule has 0 fully saturated rings.